The van der Waals surface area contributed by atoms with Gasteiger partial charge in [0.15, 0.2) is 28.0 Å². The molecular formula is C20H20FN3O5S. The van der Waals surface area contributed by atoms with E-state index < -0.39 is 33.4 Å². The van der Waals surface area contributed by atoms with E-state index in [-0.39, 0.29) is 29.0 Å². The van der Waals surface area contributed by atoms with Gasteiger partial charge in [0, 0.05) is 0 Å². The van der Waals surface area contributed by atoms with Gasteiger partial charge >= 0.3 is 6.01 Å². The van der Waals surface area contributed by atoms with Gasteiger partial charge in [-0.3, -0.25) is 10.1 Å². The molecular weight excluding hydrogens is 413 g/mol. The summed E-state index contributed by atoms with van der Waals surface area (Å²) in [6, 6.07) is 12.0. The summed E-state index contributed by atoms with van der Waals surface area (Å²) in [4.78, 5) is 12.2. The van der Waals surface area contributed by atoms with E-state index >= 15 is 0 Å². The van der Waals surface area contributed by atoms with Gasteiger partial charge in [-0.1, -0.05) is 29.4 Å². The number of benzene rings is 2. The van der Waals surface area contributed by atoms with E-state index in [1.165, 1.54) is 30.3 Å². The predicted octanol–water partition coefficient (Wildman–Crippen LogP) is 3.00. The highest BCUT2D eigenvalue weighted by Gasteiger charge is 2.19. The molecule has 1 aromatic heterocycles. The first-order valence-corrected chi connectivity index (χ1v) is 10.6. The minimum atomic E-state index is -3.34. The number of carbonyl (C=O) groups is 1. The number of aromatic nitrogens is 2. The van der Waals surface area contributed by atoms with E-state index in [1.807, 2.05) is 0 Å². The number of amides is 1. The maximum atomic E-state index is 13.5. The van der Waals surface area contributed by atoms with Crippen LogP contribution in [0.5, 0.6) is 5.75 Å². The molecule has 0 unspecified atom stereocenters. The lowest BCUT2D eigenvalue weighted by Crippen LogP contribution is -2.20. The van der Waals surface area contributed by atoms with Crippen LogP contribution in [0, 0.1) is 5.82 Å². The summed E-state index contributed by atoms with van der Waals surface area (Å²) >= 11 is 0. The zero-order chi connectivity index (χ0) is 21.7. The second kappa shape index (κ2) is 9.04. The number of ether oxygens (including phenoxy) is 1. The molecule has 3 aromatic rings. The molecule has 2 aromatic carbocycles. The smallest absolute Gasteiger partial charge is 0.322 e. The quantitative estimate of drug-likeness (QED) is 0.581. The highest BCUT2D eigenvalue weighted by atomic mass is 32.2. The fraction of sp³-hybridized carbons (Fsp3) is 0.250. The van der Waals surface area contributed by atoms with Crippen LogP contribution in [0.15, 0.2) is 57.8 Å². The summed E-state index contributed by atoms with van der Waals surface area (Å²) in [6.07, 6.45) is 0.261. The maximum absolute atomic E-state index is 13.5. The van der Waals surface area contributed by atoms with Crippen molar-refractivity contribution in [3.8, 4) is 5.75 Å². The Kier molecular flexibility index (Phi) is 6.46. The number of halogens is 1. The van der Waals surface area contributed by atoms with Gasteiger partial charge in [0.05, 0.1) is 16.6 Å². The molecule has 0 aliphatic heterocycles. The van der Waals surface area contributed by atoms with Crippen LogP contribution in [-0.4, -0.2) is 36.4 Å². The first-order chi connectivity index (χ1) is 14.3. The molecule has 0 fully saturated rings. The van der Waals surface area contributed by atoms with Crippen molar-refractivity contribution in [2.24, 2.45) is 0 Å². The van der Waals surface area contributed by atoms with Crippen LogP contribution in [0.4, 0.5) is 10.4 Å². The minimum Gasteiger partial charge on any atom is -0.481 e. The molecule has 30 heavy (non-hydrogen) atoms. The van der Waals surface area contributed by atoms with Crippen LogP contribution in [0.25, 0.3) is 0 Å². The average molecular weight is 433 g/mol. The van der Waals surface area contributed by atoms with Crippen LogP contribution >= 0.6 is 0 Å². The van der Waals surface area contributed by atoms with Crippen molar-refractivity contribution in [3.63, 3.8) is 0 Å². The normalized spacial score (nSPS) is 11.5. The highest BCUT2D eigenvalue weighted by Crippen LogP contribution is 2.19. The zero-order valence-corrected chi connectivity index (χ0v) is 17.1. The Morgan fingerprint density at radius 2 is 1.83 bits per heavy atom. The van der Waals surface area contributed by atoms with E-state index in [9.17, 15) is 17.6 Å². The van der Waals surface area contributed by atoms with Crippen LogP contribution < -0.4 is 10.1 Å². The summed E-state index contributed by atoms with van der Waals surface area (Å²) in [5, 5.41) is 9.44. The molecule has 0 bridgehead atoms. The maximum Gasteiger partial charge on any atom is 0.322 e. The molecule has 0 saturated carbocycles. The Morgan fingerprint density at radius 1 is 1.13 bits per heavy atom. The lowest BCUT2D eigenvalue weighted by Gasteiger charge is -2.08. The molecule has 0 aliphatic rings. The summed E-state index contributed by atoms with van der Waals surface area (Å²) < 4.78 is 48.3. The molecule has 8 nitrogen and oxygen atoms in total. The van der Waals surface area contributed by atoms with Crippen LogP contribution in [0.2, 0.25) is 0 Å². The van der Waals surface area contributed by atoms with Gasteiger partial charge in [0.1, 0.15) is 0 Å². The van der Waals surface area contributed by atoms with Crippen LogP contribution in [0.1, 0.15) is 25.3 Å². The molecule has 10 heteroatoms. The van der Waals surface area contributed by atoms with Crippen molar-refractivity contribution in [2.45, 2.75) is 30.4 Å². The lowest BCUT2D eigenvalue weighted by molar-refractivity contribution is -0.118. The number of anilines is 1. The van der Waals surface area contributed by atoms with Crippen molar-refractivity contribution in [1.82, 2.24) is 10.2 Å². The van der Waals surface area contributed by atoms with Gasteiger partial charge in [-0.2, -0.15) is 0 Å². The molecule has 0 radical (unpaired) electrons. The highest BCUT2D eigenvalue weighted by molar-refractivity contribution is 7.92. The number of nitrogens with one attached hydrogen (secondary N) is 1. The van der Waals surface area contributed by atoms with E-state index in [2.05, 4.69) is 15.5 Å². The van der Waals surface area contributed by atoms with E-state index in [0.29, 0.717) is 0 Å². The van der Waals surface area contributed by atoms with E-state index in [0.717, 1.165) is 5.56 Å². The molecule has 3 rings (SSSR count). The third-order valence-corrected chi connectivity index (χ3v) is 6.31. The van der Waals surface area contributed by atoms with Gasteiger partial charge < -0.3 is 9.15 Å². The third kappa shape index (κ3) is 5.20. The minimum absolute atomic E-state index is 0.0400. The van der Waals surface area contributed by atoms with Gasteiger partial charge in [-0.25, -0.2) is 12.8 Å². The number of hydrogen-bond donors (Lipinski definition) is 1. The van der Waals surface area contributed by atoms with Crippen molar-refractivity contribution in [2.75, 3.05) is 11.9 Å². The summed E-state index contributed by atoms with van der Waals surface area (Å²) in [6.45, 7) is 2.82. The van der Waals surface area contributed by atoms with E-state index in [1.54, 1.807) is 32.0 Å². The largest absolute Gasteiger partial charge is 0.481 e. The summed E-state index contributed by atoms with van der Waals surface area (Å²) in [5.41, 5.74) is 0.766. The Balaban J connectivity index is 1.56. The van der Waals surface area contributed by atoms with Crippen molar-refractivity contribution >= 4 is 21.8 Å². The molecule has 158 valence electrons. The number of para-hydroxylation sites is 1. The molecule has 1 N–H and O–H groups in total. The fourth-order valence-corrected chi connectivity index (χ4v) is 3.54. The molecule has 0 saturated heterocycles. The number of hydrogen-bond acceptors (Lipinski definition) is 7. The Bertz CT molecular complexity index is 1130. The molecule has 1 amide bonds. The predicted molar refractivity (Wildman–Crippen MR) is 106 cm³/mol. The molecule has 0 atom stereocenters. The zero-order valence-electron chi connectivity index (χ0n) is 16.3. The molecule has 1 heterocycles. The first kappa shape index (κ1) is 21.4. The number of sulfone groups is 1. The second-order valence-electron chi connectivity index (χ2n) is 6.68. The van der Waals surface area contributed by atoms with Gasteiger partial charge in [-0.05, 0) is 43.7 Å². The van der Waals surface area contributed by atoms with E-state index in [4.69, 9.17) is 9.15 Å². The number of nitrogens with zero attached hydrogens (tertiary/aromatic N) is 2. The Hall–Kier alpha value is -3.27. The van der Waals surface area contributed by atoms with Crippen molar-refractivity contribution in [3.05, 3.63) is 65.8 Å². The SMILES string of the molecule is CC(C)S(=O)(=O)c1ccc(Cc2nnc(NC(=O)COc3ccccc3F)o2)cc1. The fourth-order valence-electron chi connectivity index (χ4n) is 2.48. The van der Waals surface area contributed by atoms with Gasteiger partial charge in [0.2, 0.25) is 5.89 Å². The monoisotopic (exact) mass is 433 g/mol. The van der Waals surface area contributed by atoms with Crippen LogP contribution in [0.3, 0.4) is 0 Å². The van der Waals surface area contributed by atoms with Crippen molar-refractivity contribution in [1.29, 1.82) is 0 Å². The standard InChI is InChI=1S/C20H20FN3O5S/c1-13(2)30(26,27)15-9-7-14(8-10-15)11-19-23-24-20(29-19)22-18(25)12-28-17-6-4-3-5-16(17)21/h3-10,13H,11-12H2,1-2H3,(H,22,24,25). The van der Waals surface area contributed by atoms with Gasteiger partial charge in [0.25, 0.3) is 5.91 Å². The summed E-state index contributed by atoms with van der Waals surface area (Å²) in [7, 11) is -3.34. The third-order valence-electron chi connectivity index (χ3n) is 4.14. The van der Waals surface area contributed by atoms with Crippen molar-refractivity contribution < 1.29 is 26.8 Å². The number of rotatable bonds is 8. The van der Waals surface area contributed by atoms with Crippen LogP contribution in [-0.2, 0) is 21.1 Å². The lowest BCUT2D eigenvalue weighted by atomic mass is 10.1. The van der Waals surface area contributed by atoms with Gasteiger partial charge in [-0.15, -0.1) is 5.10 Å². The topological polar surface area (TPSA) is 111 Å². The summed E-state index contributed by atoms with van der Waals surface area (Å²) in [5.74, 6) is -0.962. The Labute approximate surface area is 173 Å². The second-order valence-corrected chi connectivity index (χ2v) is 9.19. The average Bonchev–Trinajstić information content (AvgIpc) is 3.14. The first-order valence-electron chi connectivity index (χ1n) is 9.08. The Morgan fingerprint density at radius 3 is 2.50 bits per heavy atom. The number of carbonyl (C=O) groups excluding carboxylic acids is 1. The molecule has 0 spiro atoms. The molecule has 0 aliphatic carbocycles.